The molecule has 3 aromatic heterocycles. The lowest BCUT2D eigenvalue weighted by atomic mass is 10.1. The van der Waals surface area contributed by atoms with Gasteiger partial charge in [0.05, 0.1) is 24.9 Å². The van der Waals surface area contributed by atoms with E-state index in [4.69, 9.17) is 9.47 Å². The fourth-order valence-electron chi connectivity index (χ4n) is 3.57. The summed E-state index contributed by atoms with van der Waals surface area (Å²) in [5.41, 5.74) is 3.32. The average molecular weight is 412 g/mol. The van der Waals surface area contributed by atoms with E-state index in [1.54, 1.807) is 19.4 Å². The second-order valence-corrected chi connectivity index (χ2v) is 7.10. The Morgan fingerprint density at radius 3 is 2.87 bits per heavy atom. The summed E-state index contributed by atoms with van der Waals surface area (Å²) in [5.74, 6) is 1.44. The molecule has 5 aromatic rings. The zero-order valence-corrected chi connectivity index (χ0v) is 16.9. The van der Waals surface area contributed by atoms with Crippen molar-refractivity contribution in [2.75, 3.05) is 13.7 Å². The van der Waals surface area contributed by atoms with Crippen molar-refractivity contribution in [2.45, 2.75) is 6.54 Å². The number of nitrogens with zero attached hydrogens (tertiary/aromatic N) is 3. The van der Waals surface area contributed by atoms with E-state index >= 15 is 0 Å². The lowest BCUT2D eigenvalue weighted by Crippen LogP contribution is -2.25. The molecule has 0 aliphatic carbocycles. The molecule has 0 unspecified atom stereocenters. The van der Waals surface area contributed by atoms with Gasteiger partial charge < -0.3 is 14.5 Å². The van der Waals surface area contributed by atoms with Crippen molar-refractivity contribution in [3.05, 3.63) is 83.4 Å². The van der Waals surface area contributed by atoms with Crippen LogP contribution in [0.5, 0.6) is 11.5 Å². The number of aromatic amines is 1. The van der Waals surface area contributed by atoms with Gasteiger partial charge in [-0.15, -0.1) is 0 Å². The van der Waals surface area contributed by atoms with Gasteiger partial charge in [-0.25, -0.2) is 4.68 Å². The molecule has 154 valence electrons. The van der Waals surface area contributed by atoms with Gasteiger partial charge >= 0.3 is 0 Å². The van der Waals surface area contributed by atoms with E-state index in [9.17, 15) is 4.79 Å². The molecule has 0 spiro atoms. The molecule has 31 heavy (non-hydrogen) atoms. The molecule has 1 N–H and O–H groups in total. The molecule has 7 nitrogen and oxygen atoms in total. The number of fused-ring (bicyclic) bond motifs is 2. The molecule has 0 radical (unpaired) electrons. The van der Waals surface area contributed by atoms with E-state index in [0.29, 0.717) is 18.9 Å². The molecule has 0 atom stereocenters. The zero-order chi connectivity index (χ0) is 21.2. The Kier molecular flexibility index (Phi) is 4.84. The maximum absolute atomic E-state index is 12.3. The molecule has 0 bridgehead atoms. The Bertz CT molecular complexity index is 1440. The summed E-state index contributed by atoms with van der Waals surface area (Å²) in [4.78, 5) is 19.9. The predicted octanol–water partition coefficient (Wildman–Crippen LogP) is 4.03. The first-order valence-electron chi connectivity index (χ1n) is 9.92. The van der Waals surface area contributed by atoms with Crippen LogP contribution >= 0.6 is 0 Å². The number of pyridine rings is 1. The third-order valence-electron chi connectivity index (χ3n) is 5.19. The third-order valence-corrected chi connectivity index (χ3v) is 5.19. The van der Waals surface area contributed by atoms with Crippen molar-refractivity contribution < 1.29 is 9.47 Å². The summed E-state index contributed by atoms with van der Waals surface area (Å²) in [6, 6.07) is 18.8. The minimum Gasteiger partial charge on any atom is -0.497 e. The lowest BCUT2D eigenvalue weighted by Gasteiger charge is -2.11. The summed E-state index contributed by atoms with van der Waals surface area (Å²) in [7, 11) is 1.62. The normalized spacial score (nSPS) is 11.1. The molecule has 0 aliphatic rings. The number of ether oxygens (including phenoxy) is 2. The highest BCUT2D eigenvalue weighted by atomic mass is 16.5. The van der Waals surface area contributed by atoms with E-state index in [2.05, 4.69) is 15.1 Å². The molecule has 0 saturated carbocycles. The van der Waals surface area contributed by atoms with Gasteiger partial charge in [0.1, 0.15) is 18.1 Å². The first-order chi connectivity index (χ1) is 15.2. The van der Waals surface area contributed by atoms with E-state index < -0.39 is 0 Å². The molecule has 3 heterocycles. The second-order valence-electron chi connectivity index (χ2n) is 7.10. The monoisotopic (exact) mass is 412 g/mol. The molecular formula is C24H20N4O3. The summed E-state index contributed by atoms with van der Waals surface area (Å²) in [6.45, 7) is 0.633. The predicted molar refractivity (Wildman–Crippen MR) is 120 cm³/mol. The van der Waals surface area contributed by atoms with Gasteiger partial charge in [0.25, 0.3) is 5.56 Å². The lowest BCUT2D eigenvalue weighted by molar-refractivity contribution is 0.291. The summed E-state index contributed by atoms with van der Waals surface area (Å²) < 4.78 is 12.6. The average Bonchev–Trinajstić information content (AvgIpc) is 3.28. The van der Waals surface area contributed by atoms with Gasteiger partial charge in [0.2, 0.25) is 0 Å². The minimum absolute atomic E-state index is 0.169. The van der Waals surface area contributed by atoms with Crippen LogP contribution in [0.4, 0.5) is 0 Å². The number of benzene rings is 2. The summed E-state index contributed by atoms with van der Waals surface area (Å²) in [6.07, 6.45) is 3.60. The van der Waals surface area contributed by atoms with Crippen molar-refractivity contribution >= 4 is 21.8 Å². The van der Waals surface area contributed by atoms with Crippen molar-refractivity contribution in [3.8, 4) is 22.8 Å². The first kappa shape index (κ1) is 18.9. The smallest absolute Gasteiger partial charge is 0.266 e. The Labute approximate surface area is 177 Å². The van der Waals surface area contributed by atoms with Crippen LogP contribution in [0.2, 0.25) is 0 Å². The van der Waals surface area contributed by atoms with E-state index in [0.717, 1.165) is 38.8 Å². The maximum Gasteiger partial charge on any atom is 0.266 e. The fraction of sp³-hybridized carbons (Fsp3) is 0.125. The number of hydrogen-bond donors (Lipinski definition) is 1. The number of nitrogens with one attached hydrogen (secondary N) is 1. The topological polar surface area (TPSA) is 82.0 Å². The van der Waals surface area contributed by atoms with Crippen LogP contribution in [0.1, 0.15) is 0 Å². The zero-order valence-electron chi connectivity index (χ0n) is 16.9. The molecule has 0 fully saturated rings. The van der Waals surface area contributed by atoms with Crippen LogP contribution in [0, 0.1) is 0 Å². The SMILES string of the molecule is COc1ccc2c(OCCn3nc(-c4ccc5cc[nH]c5c4)ccc3=O)ccnc2c1. The quantitative estimate of drug-likeness (QED) is 0.455. The number of hydrogen-bond acceptors (Lipinski definition) is 5. The van der Waals surface area contributed by atoms with Gasteiger partial charge in [0, 0.05) is 41.0 Å². The van der Waals surface area contributed by atoms with Crippen LogP contribution in [-0.4, -0.2) is 33.5 Å². The Morgan fingerprint density at radius 1 is 1.03 bits per heavy atom. The van der Waals surface area contributed by atoms with Crippen LogP contribution in [0.15, 0.2) is 77.9 Å². The molecule has 0 amide bonds. The van der Waals surface area contributed by atoms with Crippen molar-refractivity contribution in [2.24, 2.45) is 0 Å². The van der Waals surface area contributed by atoms with Crippen LogP contribution in [-0.2, 0) is 6.54 Å². The molecule has 5 rings (SSSR count). The van der Waals surface area contributed by atoms with Crippen molar-refractivity contribution in [1.82, 2.24) is 19.7 Å². The minimum atomic E-state index is -0.169. The van der Waals surface area contributed by atoms with E-state index in [1.807, 2.05) is 54.7 Å². The summed E-state index contributed by atoms with van der Waals surface area (Å²) >= 11 is 0. The Balaban J connectivity index is 1.35. The summed E-state index contributed by atoms with van der Waals surface area (Å²) in [5, 5.41) is 6.55. The van der Waals surface area contributed by atoms with Gasteiger partial charge in [0.15, 0.2) is 0 Å². The highest BCUT2D eigenvalue weighted by Gasteiger charge is 2.08. The van der Waals surface area contributed by atoms with Crippen molar-refractivity contribution in [3.63, 3.8) is 0 Å². The highest BCUT2D eigenvalue weighted by molar-refractivity contribution is 5.86. The van der Waals surface area contributed by atoms with Crippen LogP contribution in [0.3, 0.4) is 0 Å². The third kappa shape index (κ3) is 3.73. The van der Waals surface area contributed by atoms with Gasteiger partial charge in [-0.05, 0) is 41.8 Å². The highest BCUT2D eigenvalue weighted by Crippen LogP contribution is 2.27. The Morgan fingerprint density at radius 2 is 1.97 bits per heavy atom. The number of methoxy groups -OCH3 is 1. The van der Waals surface area contributed by atoms with Gasteiger partial charge in [-0.2, -0.15) is 5.10 Å². The molecule has 0 saturated heterocycles. The van der Waals surface area contributed by atoms with E-state index in [-0.39, 0.29) is 5.56 Å². The number of rotatable bonds is 6. The fourth-order valence-corrected chi connectivity index (χ4v) is 3.57. The van der Waals surface area contributed by atoms with Crippen LogP contribution < -0.4 is 15.0 Å². The first-order valence-corrected chi connectivity index (χ1v) is 9.92. The molecule has 7 heteroatoms. The largest absolute Gasteiger partial charge is 0.497 e. The molecule has 0 aliphatic heterocycles. The van der Waals surface area contributed by atoms with E-state index in [1.165, 1.54) is 10.7 Å². The standard InChI is InChI=1S/C24H20N4O3/c1-30-18-4-5-19-22(15-18)26-11-9-23(19)31-13-12-28-24(29)7-6-20(27-28)17-3-2-16-8-10-25-21(16)14-17/h2-11,14-15,25H,12-13H2,1H3. The van der Waals surface area contributed by atoms with Crippen molar-refractivity contribution in [1.29, 1.82) is 0 Å². The van der Waals surface area contributed by atoms with Crippen LogP contribution in [0.25, 0.3) is 33.1 Å². The van der Waals surface area contributed by atoms with Gasteiger partial charge in [-0.3, -0.25) is 9.78 Å². The van der Waals surface area contributed by atoms with Gasteiger partial charge in [-0.1, -0.05) is 12.1 Å². The molecular weight excluding hydrogens is 392 g/mol. The second kappa shape index (κ2) is 7.95. The number of aromatic nitrogens is 4. The number of H-pyrrole nitrogens is 1. The molecule has 2 aromatic carbocycles. The Hall–Kier alpha value is -4.13. The maximum atomic E-state index is 12.3.